The van der Waals surface area contributed by atoms with Crippen molar-refractivity contribution in [2.24, 2.45) is 11.8 Å². The molecule has 1 fully saturated rings. The summed E-state index contributed by atoms with van der Waals surface area (Å²) >= 11 is 0. The number of nitrogens with zero attached hydrogens (tertiary/aromatic N) is 1. The zero-order valence-electron chi connectivity index (χ0n) is 10.6. The van der Waals surface area contributed by atoms with Gasteiger partial charge in [-0.2, -0.15) is 0 Å². The normalized spacial score (nSPS) is 29.2. The molecule has 2 heterocycles. The fourth-order valence-corrected chi connectivity index (χ4v) is 2.63. The summed E-state index contributed by atoms with van der Waals surface area (Å²) < 4.78 is 9.57. The number of hydrogen-bond acceptors (Lipinski definition) is 4. The molecule has 0 aromatic heterocycles. The van der Waals surface area contributed by atoms with E-state index >= 15 is 0 Å². The van der Waals surface area contributed by atoms with Gasteiger partial charge in [-0.25, -0.2) is 4.79 Å². The summed E-state index contributed by atoms with van der Waals surface area (Å²) in [6, 6.07) is -0.209. The number of ether oxygens (including phenoxy) is 2. The zero-order valence-corrected chi connectivity index (χ0v) is 10.6. The van der Waals surface area contributed by atoms with Crippen LogP contribution in [0, 0.1) is 11.8 Å². The number of carbonyl (C=O) groups is 2. The quantitative estimate of drug-likeness (QED) is 0.583. The molecule has 0 aromatic carbocycles. The first-order valence-corrected chi connectivity index (χ1v) is 5.97. The fourth-order valence-electron chi connectivity index (χ4n) is 2.63. The molecule has 0 saturated carbocycles. The Morgan fingerprint density at radius 1 is 1.39 bits per heavy atom. The van der Waals surface area contributed by atoms with Gasteiger partial charge in [0.05, 0.1) is 19.1 Å². The Balaban J connectivity index is 2.07. The number of carbonyl (C=O) groups excluding carboxylic acids is 2. The molecule has 6 heteroatoms. The van der Waals surface area contributed by atoms with Crippen molar-refractivity contribution in [2.75, 3.05) is 27.5 Å². The summed E-state index contributed by atoms with van der Waals surface area (Å²) in [6.07, 6.45) is 4.39. The fraction of sp³-hybridized carbons (Fsp3) is 0.667. The Morgan fingerprint density at radius 2 is 2.17 bits per heavy atom. The Labute approximate surface area is 106 Å². The minimum Gasteiger partial charge on any atom is -0.453 e. The molecule has 3 unspecified atom stereocenters. The smallest absolute Gasteiger partial charge is 0.410 e. The van der Waals surface area contributed by atoms with Crippen molar-refractivity contribution < 1.29 is 19.1 Å². The van der Waals surface area contributed by atoms with Gasteiger partial charge in [-0.3, -0.25) is 4.79 Å². The molecular formula is C12H18N2O4. The molecule has 0 spiro atoms. The molecule has 6 nitrogen and oxygen atoms in total. The molecule has 1 N–H and O–H groups in total. The third kappa shape index (κ3) is 2.33. The number of nitrogens with one attached hydrogen (secondary N) is 1. The van der Waals surface area contributed by atoms with E-state index in [1.165, 1.54) is 14.2 Å². The van der Waals surface area contributed by atoms with E-state index in [2.05, 4.69) is 11.4 Å². The Bertz CT molecular complexity index is 369. The maximum absolute atomic E-state index is 12.0. The summed E-state index contributed by atoms with van der Waals surface area (Å²) in [4.78, 5) is 25.3. The van der Waals surface area contributed by atoms with Crippen LogP contribution in [0.5, 0.6) is 0 Å². The second-order valence-electron chi connectivity index (χ2n) is 4.57. The maximum Gasteiger partial charge on any atom is 0.410 e. The van der Waals surface area contributed by atoms with Crippen molar-refractivity contribution in [1.29, 1.82) is 0 Å². The van der Waals surface area contributed by atoms with Crippen LogP contribution in [0.15, 0.2) is 12.2 Å². The molecule has 0 radical (unpaired) electrons. The molecule has 3 aliphatic rings. The number of hydrogen-bond donors (Lipinski definition) is 1. The molecule has 3 atom stereocenters. The van der Waals surface area contributed by atoms with Crippen LogP contribution in [0.25, 0.3) is 0 Å². The Morgan fingerprint density at radius 3 is 2.78 bits per heavy atom. The van der Waals surface area contributed by atoms with Gasteiger partial charge in [0, 0.05) is 13.7 Å². The highest BCUT2D eigenvalue weighted by molar-refractivity contribution is 5.81. The molecule has 2 amide bonds. The lowest BCUT2D eigenvalue weighted by Crippen LogP contribution is -2.56. The van der Waals surface area contributed by atoms with Crippen LogP contribution in [0.1, 0.15) is 6.42 Å². The van der Waals surface area contributed by atoms with Crippen LogP contribution in [0.2, 0.25) is 0 Å². The molecule has 2 aliphatic heterocycles. The predicted octanol–water partition coefficient (Wildman–Crippen LogP) is 0.349. The minimum absolute atomic E-state index is 0.0789. The summed E-state index contributed by atoms with van der Waals surface area (Å²) in [6.45, 7) is 0.816. The van der Waals surface area contributed by atoms with Gasteiger partial charge in [-0.15, -0.1) is 0 Å². The first-order valence-electron chi connectivity index (χ1n) is 5.97. The van der Waals surface area contributed by atoms with Gasteiger partial charge in [0.1, 0.15) is 6.73 Å². The number of amides is 2. The van der Waals surface area contributed by atoms with Crippen molar-refractivity contribution in [2.45, 2.75) is 12.5 Å². The van der Waals surface area contributed by atoms with E-state index in [1.54, 1.807) is 4.90 Å². The average Bonchev–Trinajstić information content (AvgIpc) is 2.44. The Kier molecular flexibility index (Phi) is 3.86. The highest BCUT2D eigenvalue weighted by atomic mass is 16.5. The van der Waals surface area contributed by atoms with Crippen molar-refractivity contribution in [3.63, 3.8) is 0 Å². The van der Waals surface area contributed by atoms with Crippen molar-refractivity contribution >= 4 is 12.0 Å². The van der Waals surface area contributed by atoms with E-state index in [4.69, 9.17) is 9.47 Å². The number of fused-ring (bicyclic) bond motifs is 2. The van der Waals surface area contributed by atoms with Crippen LogP contribution in [-0.2, 0) is 14.3 Å². The second-order valence-corrected chi connectivity index (χ2v) is 4.57. The lowest BCUT2D eigenvalue weighted by Gasteiger charge is -2.44. The second kappa shape index (κ2) is 5.39. The van der Waals surface area contributed by atoms with E-state index in [9.17, 15) is 9.59 Å². The van der Waals surface area contributed by atoms with Gasteiger partial charge in [0.15, 0.2) is 0 Å². The van der Waals surface area contributed by atoms with Crippen molar-refractivity contribution in [3.05, 3.63) is 12.2 Å². The molecular weight excluding hydrogens is 236 g/mol. The number of rotatable bonds is 3. The van der Waals surface area contributed by atoms with E-state index in [0.29, 0.717) is 6.54 Å². The van der Waals surface area contributed by atoms with Gasteiger partial charge >= 0.3 is 6.09 Å². The third-order valence-electron chi connectivity index (χ3n) is 3.48. The summed E-state index contributed by atoms with van der Waals surface area (Å²) in [7, 11) is 2.88. The minimum atomic E-state index is -0.376. The van der Waals surface area contributed by atoms with E-state index in [1.807, 2.05) is 6.08 Å². The lowest BCUT2D eigenvalue weighted by molar-refractivity contribution is -0.130. The molecule has 2 bridgehead atoms. The van der Waals surface area contributed by atoms with E-state index < -0.39 is 0 Å². The molecule has 18 heavy (non-hydrogen) atoms. The Hall–Kier alpha value is -1.56. The van der Waals surface area contributed by atoms with Crippen LogP contribution in [-0.4, -0.2) is 50.4 Å². The van der Waals surface area contributed by atoms with Gasteiger partial charge in [0.25, 0.3) is 0 Å². The SMILES string of the molecule is COCNC(=O)C1CC2C=CC1N(C(=O)OC)C2. The standard InChI is InChI=1S/C12H18N2O4/c1-17-7-13-11(15)9-5-8-3-4-10(9)14(6-8)12(16)18-2/h3-4,8-10H,5-7H2,1-2H3,(H,13,15). The highest BCUT2D eigenvalue weighted by Gasteiger charge is 2.43. The summed E-state index contributed by atoms with van der Waals surface area (Å²) in [5, 5.41) is 2.69. The first kappa shape index (κ1) is 12.9. The molecule has 0 aromatic rings. The largest absolute Gasteiger partial charge is 0.453 e. The van der Waals surface area contributed by atoms with Crippen LogP contribution >= 0.6 is 0 Å². The summed E-state index contributed by atoms with van der Waals surface area (Å²) in [5.74, 6) is -0.0693. The number of methoxy groups -OCH3 is 2. The topological polar surface area (TPSA) is 67.9 Å². The van der Waals surface area contributed by atoms with Crippen molar-refractivity contribution in [1.82, 2.24) is 10.2 Å². The van der Waals surface area contributed by atoms with Crippen molar-refractivity contribution in [3.8, 4) is 0 Å². The first-order chi connectivity index (χ1) is 8.67. The molecule has 3 rings (SSSR count). The predicted molar refractivity (Wildman–Crippen MR) is 63.7 cm³/mol. The van der Waals surface area contributed by atoms with Gasteiger partial charge in [-0.05, 0) is 12.3 Å². The van der Waals surface area contributed by atoms with E-state index in [-0.39, 0.29) is 36.6 Å². The molecule has 100 valence electrons. The van der Waals surface area contributed by atoms with E-state index in [0.717, 1.165) is 6.42 Å². The highest BCUT2D eigenvalue weighted by Crippen LogP contribution is 2.34. The maximum atomic E-state index is 12.0. The van der Waals surface area contributed by atoms with Gasteiger partial charge in [0.2, 0.25) is 5.91 Å². The molecule has 1 aliphatic carbocycles. The van der Waals surface area contributed by atoms with Crippen LogP contribution in [0.4, 0.5) is 4.79 Å². The summed E-state index contributed by atoms with van der Waals surface area (Å²) in [5.41, 5.74) is 0. The van der Waals surface area contributed by atoms with Crippen LogP contribution in [0.3, 0.4) is 0 Å². The van der Waals surface area contributed by atoms with Crippen LogP contribution < -0.4 is 5.32 Å². The van der Waals surface area contributed by atoms with Gasteiger partial charge < -0.3 is 19.7 Å². The lowest BCUT2D eigenvalue weighted by atomic mass is 9.77. The number of piperidine rings is 1. The zero-order chi connectivity index (χ0) is 13.1. The average molecular weight is 254 g/mol. The monoisotopic (exact) mass is 254 g/mol. The third-order valence-corrected chi connectivity index (χ3v) is 3.48. The molecule has 1 saturated heterocycles. The van der Waals surface area contributed by atoms with Gasteiger partial charge in [-0.1, -0.05) is 12.2 Å².